The number of aliphatic hydroxyl groups excluding tert-OH is 1. The Morgan fingerprint density at radius 1 is 0.923 bits per heavy atom. The van der Waals surface area contributed by atoms with Crippen LogP contribution in [0.5, 0.6) is 11.5 Å². The number of benzene rings is 5. The van der Waals surface area contributed by atoms with Gasteiger partial charge in [0, 0.05) is 46.3 Å². The molecule has 2 N–H and O–H groups in total. The first-order chi connectivity index (χ1) is 25.5. The third kappa shape index (κ3) is 8.58. The average molecular weight is 714 g/mol. The maximum Gasteiger partial charge on any atom is 0.252 e. The van der Waals surface area contributed by atoms with E-state index in [-0.39, 0.29) is 32.0 Å². The van der Waals surface area contributed by atoms with Crippen molar-refractivity contribution in [2.75, 3.05) is 20.3 Å². The van der Waals surface area contributed by atoms with E-state index in [1.807, 2.05) is 115 Å². The first kappa shape index (κ1) is 36.1. The van der Waals surface area contributed by atoms with E-state index in [4.69, 9.17) is 29.8 Å². The first-order valence-electron chi connectivity index (χ1n) is 16.9. The molecule has 0 radical (unpaired) electrons. The Morgan fingerprint density at radius 3 is 2.40 bits per heavy atom. The number of aliphatic imine (C=N–C) groups is 1. The highest BCUT2D eigenvalue weighted by Crippen LogP contribution is 2.44. The summed E-state index contributed by atoms with van der Waals surface area (Å²) in [6.45, 7) is 0.804. The largest absolute Gasteiger partial charge is 0.497 e. The SMILES string of the molecule is COc1cccc([C@H]2OC(c3ccc(OCCCO)cc3)=N[C@@]2(Cc2ccccc2CN=[N+]=[N-])C(=O)NCc2ccccc2Sc2ccccc2)c1. The molecule has 0 unspecified atom stereocenters. The van der Waals surface area contributed by atoms with Crippen LogP contribution in [0.1, 0.15) is 40.3 Å². The summed E-state index contributed by atoms with van der Waals surface area (Å²) in [5, 5.41) is 16.2. The van der Waals surface area contributed by atoms with Gasteiger partial charge in [-0.05, 0) is 82.4 Å². The molecule has 0 aliphatic carbocycles. The van der Waals surface area contributed by atoms with Gasteiger partial charge in [0.25, 0.3) is 5.91 Å². The van der Waals surface area contributed by atoms with Gasteiger partial charge in [-0.2, -0.15) is 0 Å². The van der Waals surface area contributed by atoms with Crippen molar-refractivity contribution in [2.45, 2.75) is 47.4 Å². The van der Waals surface area contributed by atoms with Crippen LogP contribution in [0.15, 0.2) is 147 Å². The van der Waals surface area contributed by atoms with E-state index < -0.39 is 11.6 Å². The quantitative estimate of drug-likeness (QED) is 0.0457. The van der Waals surface area contributed by atoms with Crippen LogP contribution in [-0.2, 0) is 29.0 Å². The monoisotopic (exact) mass is 713 g/mol. The van der Waals surface area contributed by atoms with Gasteiger partial charge in [0.05, 0.1) is 20.3 Å². The standard InChI is InChI=1S/C41H39N5O5S/c1-49-35-15-9-14-30(25-35)38-41(26-31-11-5-6-12-32(31)28-44-46-42,45-39(51-38)29-19-21-34(22-20-29)50-24-10-23-47)40(48)43-27-33-13-7-8-18-37(33)52-36-16-3-2-4-17-36/h2-9,11-22,25,38,47H,10,23-24,26-28H2,1H3,(H,43,48)/t38-,41-/m1/s1. The maximum atomic E-state index is 15.0. The van der Waals surface area contributed by atoms with Crippen molar-refractivity contribution in [1.82, 2.24) is 5.32 Å². The number of hydrogen-bond donors (Lipinski definition) is 2. The van der Waals surface area contributed by atoms with Crippen LogP contribution in [0.3, 0.4) is 0 Å². The molecule has 0 saturated heterocycles. The smallest absolute Gasteiger partial charge is 0.252 e. The maximum absolute atomic E-state index is 15.0. The van der Waals surface area contributed by atoms with Crippen molar-refractivity contribution in [1.29, 1.82) is 0 Å². The first-order valence-corrected chi connectivity index (χ1v) is 17.8. The van der Waals surface area contributed by atoms with Crippen LogP contribution in [0.2, 0.25) is 0 Å². The van der Waals surface area contributed by atoms with E-state index in [2.05, 4.69) is 27.5 Å². The number of ether oxygens (including phenoxy) is 3. The van der Waals surface area contributed by atoms with Crippen LogP contribution in [-0.4, -0.2) is 42.8 Å². The Balaban J connectivity index is 1.42. The van der Waals surface area contributed by atoms with E-state index in [9.17, 15) is 4.79 Å². The van der Waals surface area contributed by atoms with Crippen LogP contribution in [0, 0.1) is 0 Å². The van der Waals surface area contributed by atoms with Crippen LogP contribution < -0.4 is 14.8 Å². The number of aliphatic hydroxyl groups is 1. The van der Waals surface area contributed by atoms with Crippen molar-refractivity contribution < 1.29 is 24.1 Å². The van der Waals surface area contributed by atoms with Crippen molar-refractivity contribution in [3.63, 3.8) is 0 Å². The molecule has 0 saturated carbocycles. The van der Waals surface area contributed by atoms with E-state index >= 15 is 0 Å². The molecule has 0 bridgehead atoms. The third-order valence-electron chi connectivity index (χ3n) is 8.69. The van der Waals surface area contributed by atoms with Gasteiger partial charge < -0.3 is 24.6 Å². The van der Waals surface area contributed by atoms with Gasteiger partial charge in [0.2, 0.25) is 5.90 Å². The molecule has 5 aromatic rings. The molecule has 264 valence electrons. The van der Waals surface area contributed by atoms with E-state index in [0.29, 0.717) is 41.6 Å². The lowest BCUT2D eigenvalue weighted by Gasteiger charge is -2.31. The highest BCUT2D eigenvalue weighted by Gasteiger charge is 2.53. The second kappa shape index (κ2) is 17.5. The molecular formula is C41H39N5O5S. The summed E-state index contributed by atoms with van der Waals surface area (Å²) < 4.78 is 18.1. The molecule has 5 aromatic carbocycles. The normalized spacial score (nSPS) is 16.3. The van der Waals surface area contributed by atoms with E-state index in [1.165, 1.54) is 0 Å². The molecule has 2 atom stereocenters. The topological polar surface area (TPSA) is 138 Å². The minimum absolute atomic E-state index is 0.0436. The Labute approximate surface area is 307 Å². The van der Waals surface area contributed by atoms with Crippen LogP contribution in [0.25, 0.3) is 10.4 Å². The fourth-order valence-electron chi connectivity index (χ4n) is 6.06. The molecule has 11 heteroatoms. The minimum atomic E-state index is -1.48. The number of carbonyl (C=O) groups excluding carboxylic acids is 1. The minimum Gasteiger partial charge on any atom is -0.497 e. The van der Waals surface area contributed by atoms with Crippen molar-refractivity contribution >= 4 is 23.6 Å². The number of azide groups is 1. The number of amides is 1. The predicted octanol–water partition coefficient (Wildman–Crippen LogP) is 8.23. The fraction of sp³-hybridized carbons (Fsp3) is 0.220. The van der Waals surface area contributed by atoms with E-state index in [0.717, 1.165) is 26.5 Å². The number of nitrogens with zero attached hydrogens (tertiary/aromatic N) is 4. The van der Waals surface area contributed by atoms with Gasteiger partial charge in [-0.3, -0.25) is 4.79 Å². The lowest BCUT2D eigenvalue weighted by molar-refractivity contribution is -0.129. The Hall–Kier alpha value is -5.74. The Kier molecular flexibility index (Phi) is 12.1. The summed E-state index contributed by atoms with van der Waals surface area (Å²) in [4.78, 5) is 25.3. The highest BCUT2D eigenvalue weighted by atomic mass is 32.2. The second-order valence-corrected chi connectivity index (χ2v) is 13.2. The average Bonchev–Trinajstić information content (AvgIpc) is 3.58. The van der Waals surface area contributed by atoms with Gasteiger partial charge in [0.15, 0.2) is 11.6 Å². The molecule has 6 rings (SSSR count). The molecule has 0 fully saturated rings. The molecular weight excluding hydrogens is 675 g/mol. The van der Waals surface area contributed by atoms with Crippen LogP contribution >= 0.6 is 11.8 Å². The number of methoxy groups -OCH3 is 1. The van der Waals surface area contributed by atoms with Gasteiger partial charge >= 0.3 is 0 Å². The molecule has 1 amide bonds. The molecule has 1 aliphatic rings. The lowest BCUT2D eigenvalue weighted by Crippen LogP contribution is -2.49. The van der Waals surface area contributed by atoms with Gasteiger partial charge in [-0.15, -0.1) is 0 Å². The Morgan fingerprint density at radius 2 is 1.65 bits per heavy atom. The lowest BCUT2D eigenvalue weighted by atomic mass is 9.80. The molecule has 1 aliphatic heterocycles. The molecule has 52 heavy (non-hydrogen) atoms. The van der Waals surface area contributed by atoms with Crippen molar-refractivity contribution in [2.24, 2.45) is 10.1 Å². The molecule has 0 aromatic heterocycles. The summed E-state index contributed by atoms with van der Waals surface area (Å²) in [6.07, 6.45) is -0.169. The zero-order valence-electron chi connectivity index (χ0n) is 28.7. The number of hydrogen-bond acceptors (Lipinski definition) is 8. The van der Waals surface area contributed by atoms with Crippen molar-refractivity contribution in [3.05, 3.63) is 166 Å². The third-order valence-corrected chi connectivity index (χ3v) is 9.82. The van der Waals surface area contributed by atoms with Gasteiger partial charge in [-0.25, -0.2) is 4.99 Å². The molecule has 0 spiro atoms. The molecule has 10 nitrogen and oxygen atoms in total. The van der Waals surface area contributed by atoms with E-state index in [1.54, 1.807) is 18.9 Å². The van der Waals surface area contributed by atoms with Gasteiger partial charge in [-0.1, -0.05) is 89.7 Å². The zero-order chi connectivity index (χ0) is 36.2. The summed E-state index contributed by atoms with van der Waals surface area (Å²) in [7, 11) is 1.59. The zero-order valence-corrected chi connectivity index (χ0v) is 29.5. The van der Waals surface area contributed by atoms with Crippen LogP contribution in [0.4, 0.5) is 0 Å². The summed E-state index contributed by atoms with van der Waals surface area (Å²) in [6, 6.07) is 40.5. The Bertz CT molecular complexity index is 2050. The number of rotatable bonds is 16. The second-order valence-electron chi connectivity index (χ2n) is 12.1. The summed E-state index contributed by atoms with van der Waals surface area (Å²) >= 11 is 1.64. The number of carbonyl (C=O) groups is 1. The summed E-state index contributed by atoms with van der Waals surface area (Å²) in [5.74, 6) is 1.24. The summed E-state index contributed by atoms with van der Waals surface area (Å²) in [5.41, 5.74) is 11.6. The van der Waals surface area contributed by atoms with Crippen molar-refractivity contribution in [3.8, 4) is 11.5 Å². The number of nitrogens with one attached hydrogen (secondary N) is 1. The fourth-order valence-corrected chi connectivity index (χ4v) is 7.03. The van der Waals surface area contributed by atoms with Gasteiger partial charge in [0.1, 0.15) is 11.5 Å². The predicted molar refractivity (Wildman–Crippen MR) is 202 cm³/mol. The highest BCUT2D eigenvalue weighted by molar-refractivity contribution is 7.99. The molecule has 1 heterocycles.